The second kappa shape index (κ2) is 9.94. The Morgan fingerprint density at radius 1 is 1.07 bits per heavy atom. The first kappa shape index (κ1) is 22.1. The molecule has 0 spiro atoms. The van der Waals surface area contributed by atoms with Crippen LogP contribution >= 0.6 is 0 Å². The monoisotopic (exact) mass is 424 g/mol. The van der Waals surface area contributed by atoms with Crippen LogP contribution in [0.1, 0.15) is 6.92 Å². The number of halogens is 3. The summed E-state index contributed by atoms with van der Waals surface area (Å²) in [5.74, 6) is 0.750. The van der Waals surface area contributed by atoms with Crippen molar-refractivity contribution in [1.29, 1.82) is 0 Å². The van der Waals surface area contributed by atoms with Gasteiger partial charge in [-0.25, -0.2) is 4.98 Å². The molecule has 10 heteroatoms. The third-order valence-electron chi connectivity index (χ3n) is 4.75. The van der Waals surface area contributed by atoms with E-state index in [4.69, 9.17) is 0 Å². The lowest BCUT2D eigenvalue weighted by atomic mass is 10.1. The van der Waals surface area contributed by atoms with Crippen molar-refractivity contribution < 1.29 is 17.9 Å². The minimum absolute atomic E-state index is 0.284. The number of rotatable bonds is 8. The molecule has 0 saturated carbocycles. The number of benzene rings is 1. The van der Waals surface area contributed by atoms with Crippen LogP contribution in [0.2, 0.25) is 0 Å². The molecule has 2 N–H and O–H groups in total. The molecule has 2 aromatic rings. The number of hydrogen-bond acceptors (Lipinski definition) is 7. The summed E-state index contributed by atoms with van der Waals surface area (Å²) in [5.41, 5.74) is 1.02. The van der Waals surface area contributed by atoms with Gasteiger partial charge in [-0.15, -0.1) is 13.2 Å². The molecule has 2 heterocycles. The molecule has 1 aromatic heterocycles. The Kier molecular flexibility index (Phi) is 7.33. The maximum absolute atomic E-state index is 12.5. The third kappa shape index (κ3) is 6.74. The Balaban J connectivity index is 1.72. The van der Waals surface area contributed by atoms with Gasteiger partial charge in [-0.3, -0.25) is 4.90 Å². The van der Waals surface area contributed by atoms with Gasteiger partial charge in [0.15, 0.2) is 0 Å². The molecule has 1 aliphatic heterocycles. The van der Waals surface area contributed by atoms with E-state index in [1.807, 2.05) is 6.92 Å². The summed E-state index contributed by atoms with van der Waals surface area (Å²) in [6.45, 7) is 8.32. The fourth-order valence-corrected chi connectivity index (χ4v) is 3.19. The fraction of sp³-hybridized carbons (Fsp3) is 0.500. The Morgan fingerprint density at radius 3 is 2.53 bits per heavy atom. The second-order valence-electron chi connectivity index (χ2n) is 7.14. The molecule has 0 amide bonds. The fourth-order valence-electron chi connectivity index (χ4n) is 3.19. The smallest absolute Gasteiger partial charge is 0.406 e. The number of nitrogens with one attached hydrogen (secondary N) is 2. The topological polar surface area (TPSA) is 65.6 Å². The highest BCUT2D eigenvalue weighted by Crippen LogP contribution is 2.28. The van der Waals surface area contributed by atoms with Gasteiger partial charge in [0.1, 0.15) is 11.6 Å². The molecule has 7 nitrogen and oxygen atoms in total. The normalized spacial score (nSPS) is 15.8. The van der Waals surface area contributed by atoms with E-state index < -0.39 is 6.36 Å². The highest BCUT2D eigenvalue weighted by molar-refractivity contribution is 5.65. The summed E-state index contributed by atoms with van der Waals surface area (Å²) in [6.07, 6.45) is -4.74. The van der Waals surface area contributed by atoms with Gasteiger partial charge in [0.2, 0.25) is 5.95 Å². The molecule has 30 heavy (non-hydrogen) atoms. The van der Waals surface area contributed by atoms with Crippen molar-refractivity contribution in [3.05, 3.63) is 30.3 Å². The lowest BCUT2D eigenvalue weighted by Gasteiger charge is -2.32. The summed E-state index contributed by atoms with van der Waals surface area (Å²) in [5, 5.41) is 6.37. The van der Waals surface area contributed by atoms with Crippen LogP contribution in [0.25, 0.3) is 11.3 Å². The van der Waals surface area contributed by atoms with E-state index in [9.17, 15) is 13.2 Å². The zero-order valence-electron chi connectivity index (χ0n) is 17.2. The molecular formula is C20H27F3N6O. The third-order valence-corrected chi connectivity index (χ3v) is 4.75. The Morgan fingerprint density at radius 2 is 1.83 bits per heavy atom. The summed E-state index contributed by atoms with van der Waals surface area (Å²) >= 11 is 0. The van der Waals surface area contributed by atoms with Gasteiger partial charge in [-0.1, -0.05) is 12.1 Å². The van der Waals surface area contributed by atoms with Crippen LogP contribution in [0, 0.1) is 0 Å². The van der Waals surface area contributed by atoms with Gasteiger partial charge < -0.3 is 20.3 Å². The molecule has 0 bridgehead atoms. The van der Waals surface area contributed by atoms with Gasteiger partial charge in [0.25, 0.3) is 0 Å². The summed E-state index contributed by atoms with van der Waals surface area (Å²) in [4.78, 5) is 13.6. The molecule has 1 saturated heterocycles. The maximum atomic E-state index is 12.5. The quantitative estimate of drug-likeness (QED) is 0.675. The minimum Gasteiger partial charge on any atom is -0.406 e. The van der Waals surface area contributed by atoms with Crippen LogP contribution in [0.4, 0.5) is 24.9 Å². The highest BCUT2D eigenvalue weighted by atomic mass is 19.4. The SMILES string of the molecule is CCNc1nc(NCCN2CCN(C)CC2)cc(-c2cccc(OC(F)(F)F)c2)n1. The van der Waals surface area contributed by atoms with Gasteiger partial charge in [0, 0.05) is 57.4 Å². The Labute approximate surface area is 174 Å². The zero-order chi connectivity index (χ0) is 21.6. The number of anilines is 2. The van der Waals surface area contributed by atoms with E-state index >= 15 is 0 Å². The van der Waals surface area contributed by atoms with Crippen LogP contribution in [0.3, 0.4) is 0 Å². The summed E-state index contributed by atoms with van der Waals surface area (Å²) in [7, 11) is 2.12. The first-order chi connectivity index (χ1) is 14.3. The number of ether oxygens (including phenoxy) is 1. The van der Waals surface area contributed by atoms with Crippen LogP contribution in [0.15, 0.2) is 30.3 Å². The van der Waals surface area contributed by atoms with Gasteiger partial charge >= 0.3 is 6.36 Å². The summed E-state index contributed by atoms with van der Waals surface area (Å²) < 4.78 is 41.7. The van der Waals surface area contributed by atoms with Crippen LogP contribution in [-0.2, 0) is 0 Å². The van der Waals surface area contributed by atoms with Crippen LogP contribution in [0.5, 0.6) is 5.75 Å². The van der Waals surface area contributed by atoms with Crippen LogP contribution in [-0.4, -0.2) is 79.0 Å². The van der Waals surface area contributed by atoms with Crippen molar-refractivity contribution >= 4 is 11.8 Å². The van der Waals surface area contributed by atoms with Gasteiger partial charge in [-0.2, -0.15) is 4.98 Å². The lowest BCUT2D eigenvalue weighted by molar-refractivity contribution is -0.274. The number of nitrogens with zero attached hydrogens (tertiary/aromatic N) is 4. The number of alkyl halides is 3. The van der Waals surface area contributed by atoms with Crippen molar-refractivity contribution in [2.45, 2.75) is 13.3 Å². The molecule has 3 rings (SSSR count). The van der Waals surface area contributed by atoms with E-state index in [0.717, 1.165) is 32.7 Å². The number of piperazine rings is 1. The molecule has 1 aliphatic rings. The molecule has 164 valence electrons. The molecule has 0 atom stereocenters. The second-order valence-corrected chi connectivity index (χ2v) is 7.14. The molecule has 1 aromatic carbocycles. The van der Waals surface area contributed by atoms with E-state index in [2.05, 4.69) is 42.2 Å². The van der Waals surface area contributed by atoms with Gasteiger partial charge in [-0.05, 0) is 26.1 Å². The van der Waals surface area contributed by atoms with E-state index in [0.29, 0.717) is 36.1 Å². The maximum Gasteiger partial charge on any atom is 0.573 e. The minimum atomic E-state index is -4.74. The van der Waals surface area contributed by atoms with E-state index in [1.54, 1.807) is 12.1 Å². The van der Waals surface area contributed by atoms with Crippen molar-refractivity contribution in [2.75, 3.05) is 63.5 Å². The Bertz CT molecular complexity index is 824. The molecule has 1 fully saturated rings. The standard InChI is InChI=1S/C20H27F3N6O/c1-3-24-19-26-17(15-5-4-6-16(13-15)30-20(21,22)23)14-18(27-19)25-7-8-29-11-9-28(2)10-12-29/h4-6,13-14H,3,7-12H2,1-2H3,(H2,24,25,26,27). The highest BCUT2D eigenvalue weighted by Gasteiger charge is 2.31. The predicted molar refractivity (Wildman–Crippen MR) is 111 cm³/mol. The molecule has 0 radical (unpaired) electrons. The molecule has 0 aliphatic carbocycles. The number of likely N-dealkylation sites (N-methyl/N-ethyl adjacent to an activating group) is 1. The first-order valence-corrected chi connectivity index (χ1v) is 9.96. The van der Waals surface area contributed by atoms with Crippen molar-refractivity contribution in [3.8, 4) is 17.0 Å². The molecular weight excluding hydrogens is 397 g/mol. The Hall–Kier alpha value is -2.59. The van der Waals surface area contributed by atoms with E-state index in [1.165, 1.54) is 18.2 Å². The first-order valence-electron chi connectivity index (χ1n) is 9.96. The lowest BCUT2D eigenvalue weighted by Crippen LogP contribution is -2.45. The van der Waals surface area contributed by atoms with Crippen LogP contribution < -0.4 is 15.4 Å². The zero-order valence-corrected chi connectivity index (χ0v) is 17.2. The average Bonchev–Trinajstić information content (AvgIpc) is 2.69. The van der Waals surface area contributed by atoms with Crippen molar-refractivity contribution in [3.63, 3.8) is 0 Å². The van der Waals surface area contributed by atoms with Gasteiger partial charge in [0.05, 0.1) is 5.69 Å². The van der Waals surface area contributed by atoms with Crippen molar-refractivity contribution in [1.82, 2.24) is 19.8 Å². The largest absolute Gasteiger partial charge is 0.573 e. The predicted octanol–water partition coefficient (Wildman–Crippen LogP) is 3.13. The summed E-state index contributed by atoms with van der Waals surface area (Å²) in [6, 6.07) is 7.51. The molecule has 0 unspecified atom stereocenters. The van der Waals surface area contributed by atoms with Crippen molar-refractivity contribution in [2.24, 2.45) is 0 Å². The average molecular weight is 424 g/mol. The van der Waals surface area contributed by atoms with E-state index in [-0.39, 0.29) is 5.75 Å². The number of aromatic nitrogens is 2. The number of hydrogen-bond donors (Lipinski definition) is 2.